The van der Waals surface area contributed by atoms with E-state index in [-0.39, 0.29) is 25.7 Å². The predicted octanol–water partition coefficient (Wildman–Crippen LogP) is 3.03. The number of piperidine rings is 1. The minimum atomic E-state index is -1.48. The van der Waals surface area contributed by atoms with Gasteiger partial charge in [0.25, 0.3) is 0 Å². The highest BCUT2D eigenvalue weighted by atomic mass is 32.1. The summed E-state index contributed by atoms with van der Waals surface area (Å²) in [5.74, 6) is -2.82. The Balaban J connectivity index is 1.30. The van der Waals surface area contributed by atoms with Crippen LogP contribution in [0.25, 0.3) is 21.7 Å². The van der Waals surface area contributed by atoms with Crippen molar-refractivity contribution in [1.82, 2.24) is 26.3 Å². The molecule has 1 saturated heterocycles. The average Bonchev–Trinajstić information content (AvgIpc) is 3.78. The second kappa shape index (κ2) is 15.0. The number of H-pyrrole nitrogens is 1. The molecule has 0 aliphatic carbocycles. The van der Waals surface area contributed by atoms with Crippen LogP contribution in [0.5, 0.6) is 0 Å². The van der Waals surface area contributed by atoms with Crippen molar-refractivity contribution in [1.29, 1.82) is 0 Å². The number of carbonyl (C=O) groups excluding carboxylic acids is 3. The molecule has 0 spiro atoms. The molecule has 0 bridgehead atoms. The van der Waals surface area contributed by atoms with E-state index in [9.17, 15) is 24.3 Å². The molecule has 0 radical (unpaired) electrons. The molecule has 3 atom stereocenters. The summed E-state index contributed by atoms with van der Waals surface area (Å²) in [7, 11) is 0. The molecule has 8 N–H and O–H groups in total. The van der Waals surface area contributed by atoms with Crippen LogP contribution in [0, 0.1) is 0 Å². The molecule has 3 heterocycles. The number of carboxylic acids is 1. The third-order valence-electron chi connectivity index (χ3n) is 9.24. The molecule has 0 saturated carbocycles. The molecule has 254 valence electrons. The lowest BCUT2D eigenvalue weighted by molar-refractivity contribution is -0.149. The van der Waals surface area contributed by atoms with Crippen molar-refractivity contribution in [2.75, 3.05) is 13.1 Å². The average molecular weight is 681 g/mol. The maximum atomic E-state index is 14.3. The standard InChI is InChI=1S/C37H40N6O5S/c38-29(21-26-10-6-18-49-26)33(44)41-31(20-25-22-40-30-13-4-3-12-28(25)30)34(45)42-32(19-24-9-5-8-23-7-1-2-11-27(23)24)35(46)43-37(36(47)48)14-16-39-17-15-37/h1-13,18,22,29,31-32,39-40H,14-17,19-21,38H2,(H,41,44)(H,42,45)(H,43,46)(H,47,48)/t29-,31+,32+/m0/s1. The molecule has 1 aliphatic heterocycles. The quantitative estimate of drug-likeness (QED) is 0.0999. The number of aromatic nitrogens is 1. The minimum Gasteiger partial charge on any atom is -0.480 e. The van der Waals surface area contributed by atoms with E-state index in [0.717, 1.165) is 37.7 Å². The SMILES string of the molecule is N[C@@H](Cc1cccs1)C(=O)N[C@H](Cc1c[nH]c2ccccc12)C(=O)N[C@H](Cc1cccc2ccccc12)C(=O)NC1(C(=O)O)CCNCC1. The molecule has 5 aromatic rings. The number of thiophene rings is 1. The lowest BCUT2D eigenvalue weighted by atomic mass is 9.87. The number of fused-ring (bicyclic) bond motifs is 2. The van der Waals surface area contributed by atoms with Gasteiger partial charge in [-0.2, -0.15) is 0 Å². The van der Waals surface area contributed by atoms with Gasteiger partial charge in [-0.05, 0) is 65.3 Å². The number of nitrogens with one attached hydrogen (secondary N) is 5. The van der Waals surface area contributed by atoms with E-state index < -0.39 is 47.4 Å². The molecule has 3 aromatic carbocycles. The summed E-state index contributed by atoms with van der Waals surface area (Å²) in [6.45, 7) is 0.856. The Morgan fingerprint density at radius 2 is 1.45 bits per heavy atom. The summed E-state index contributed by atoms with van der Waals surface area (Å²) in [4.78, 5) is 58.5. The smallest absolute Gasteiger partial charge is 0.329 e. The minimum absolute atomic E-state index is 0.0958. The van der Waals surface area contributed by atoms with Gasteiger partial charge in [-0.15, -0.1) is 11.3 Å². The fourth-order valence-corrected chi connectivity index (χ4v) is 7.25. The maximum absolute atomic E-state index is 14.3. The molecule has 12 heteroatoms. The zero-order valence-electron chi connectivity index (χ0n) is 26.9. The van der Waals surface area contributed by atoms with E-state index in [1.807, 2.05) is 84.2 Å². The van der Waals surface area contributed by atoms with Crippen molar-refractivity contribution in [2.45, 2.75) is 55.8 Å². The second-order valence-electron chi connectivity index (χ2n) is 12.5. The Hall–Kier alpha value is -5.04. The zero-order valence-corrected chi connectivity index (χ0v) is 27.7. The van der Waals surface area contributed by atoms with E-state index in [1.54, 1.807) is 6.20 Å². The van der Waals surface area contributed by atoms with Crippen LogP contribution in [0.1, 0.15) is 28.8 Å². The number of para-hydroxylation sites is 1. The fourth-order valence-electron chi connectivity index (χ4n) is 6.49. The van der Waals surface area contributed by atoms with Crippen molar-refractivity contribution >= 4 is 56.7 Å². The van der Waals surface area contributed by atoms with Gasteiger partial charge in [-0.1, -0.05) is 66.7 Å². The van der Waals surface area contributed by atoms with Crippen molar-refractivity contribution in [3.8, 4) is 0 Å². The first-order valence-electron chi connectivity index (χ1n) is 16.4. The first-order chi connectivity index (χ1) is 23.7. The number of carboxylic acid groups (broad SMARTS) is 1. The van der Waals surface area contributed by atoms with Crippen molar-refractivity contribution in [2.24, 2.45) is 5.73 Å². The van der Waals surface area contributed by atoms with Crippen molar-refractivity contribution < 1.29 is 24.3 Å². The number of aliphatic carboxylic acids is 1. The van der Waals surface area contributed by atoms with Gasteiger partial charge in [0.2, 0.25) is 17.7 Å². The summed E-state index contributed by atoms with van der Waals surface area (Å²) >= 11 is 1.49. The number of hydrogen-bond acceptors (Lipinski definition) is 7. The van der Waals surface area contributed by atoms with Gasteiger partial charge in [-0.25, -0.2) is 4.79 Å². The van der Waals surface area contributed by atoms with Crippen LogP contribution >= 0.6 is 11.3 Å². The summed E-state index contributed by atoms with van der Waals surface area (Å²) in [5.41, 5.74) is 7.32. The molecule has 11 nitrogen and oxygen atoms in total. The number of hydrogen-bond donors (Lipinski definition) is 7. The summed E-state index contributed by atoms with van der Waals surface area (Å²) in [6.07, 6.45) is 2.73. The summed E-state index contributed by atoms with van der Waals surface area (Å²) < 4.78 is 0. The Morgan fingerprint density at radius 3 is 2.20 bits per heavy atom. The van der Waals surface area contributed by atoms with Gasteiger partial charge in [0.1, 0.15) is 17.6 Å². The van der Waals surface area contributed by atoms with Gasteiger partial charge < -0.3 is 37.1 Å². The Morgan fingerprint density at radius 1 is 0.776 bits per heavy atom. The van der Waals surface area contributed by atoms with E-state index >= 15 is 0 Å². The van der Waals surface area contributed by atoms with Crippen LogP contribution in [0.3, 0.4) is 0 Å². The lowest BCUT2D eigenvalue weighted by Crippen LogP contribution is -2.64. The normalized spacial score (nSPS) is 16.0. The van der Waals surface area contributed by atoms with E-state index in [0.29, 0.717) is 19.5 Å². The molecular weight excluding hydrogens is 641 g/mol. The Labute approximate surface area is 287 Å². The van der Waals surface area contributed by atoms with Gasteiger partial charge >= 0.3 is 5.97 Å². The van der Waals surface area contributed by atoms with Gasteiger partial charge in [0.15, 0.2) is 0 Å². The van der Waals surface area contributed by atoms with Crippen LogP contribution < -0.4 is 27.0 Å². The third kappa shape index (κ3) is 7.83. The van der Waals surface area contributed by atoms with Gasteiger partial charge in [0.05, 0.1) is 6.04 Å². The summed E-state index contributed by atoms with van der Waals surface area (Å²) in [5, 5.41) is 26.6. The van der Waals surface area contributed by atoms with Crippen LogP contribution in [0.2, 0.25) is 0 Å². The fraction of sp³-hybridized carbons (Fsp3) is 0.297. The first-order valence-corrected chi connectivity index (χ1v) is 17.3. The third-order valence-corrected chi connectivity index (χ3v) is 10.1. The molecule has 1 aliphatic rings. The molecule has 2 aromatic heterocycles. The van der Waals surface area contributed by atoms with Crippen LogP contribution in [0.4, 0.5) is 0 Å². The maximum Gasteiger partial charge on any atom is 0.329 e. The van der Waals surface area contributed by atoms with Crippen molar-refractivity contribution in [3.05, 3.63) is 106 Å². The number of amides is 3. The van der Waals surface area contributed by atoms with Gasteiger partial charge in [-0.3, -0.25) is 14.4 Å². The number of carbonyl (C=O) groups is 4. The lowest BCUT2D eigenvalue weighted by Gasteiger charge is -2.36. The molecule has 0 unspecified atom stereocenters. The van der Waals surface area contributed by atoms with Crippen LogP contribution in [0.15, 0.2) is 90.4 Å². The molecule has 49 heavy (non-hydrogen) atoms. The highest BCUT2D eigenvalue weighted by Crippen LogP contribution is 2.23. The molecule has 6 rings (SSSR count). The summed E-state index contributed by atoms with van der Waals surface area (Å²) in [6, 6.07) is 21.8. The molecule has 1 fully saturated rings. The zero-order chi connectivity index (χ0) is 34.4. The van der Waals surface area contributed by atoms with E-state index in [1.165, 1.54) is 11.3 Å². The first kappa shape index (κ1) is 33.8. The largest absolute Gasteiger partial charge is 0.480 e. The Kier molecular flexibility index (Phi) is 10.4. The topological polar surface area (TPSA) is 178 Å². The van der Waals surface area contributed by atoms with Gasteiger partial charge in [0, 0.05) is 41.2 Å². The van der Waals surface area contributed by atoms with Crippen molar-refractivity contribution in [3.63, 3.8) is 0 Å². The highest BCUT2D eigenvalue weighted by Gasteiger charge is 2.43. The highest BCUT2D eigenvalue weighted by molar-refractivity contribution is 7.09. The molecule has 3 amide bonds. The monoisotopic (exact) mass is 680 g/mol. The van der Waals surface area contributed by atoms with E-state index in [2.05, 4.69) is 26.3 Å². The second-order valence-corrected chi connectivity index (χ2v) is 13.6. The number of aromatic amines is 1. The van der Waals surface area contributed by atoms with E-state index in [4.69, 9.17) is 5.73 Å². The Bertz CT molecular complexity index is 1950. The van der Waals surface area contributed by atoms with Crippen LogP contribution in [-0.2, 0) is 38.4 Å². The number of rotatable bonds is 13. The van der Waals surface area contributed by atoms with Crippen LogP contribution in [-0.4, -0.2) is 70.5 Å². The molecular formula is C37H40N6O5S. The number of benzene rings is 3. The predicted molar refractivity (Wildman–Crippen MR) is 190 cm³/mol. The number of nitrogens with two attached hydrogens (primary N) is 1.